The lowest BCUT2D eigenvalue weighted by Gasteiger charge is -2.01. The van der Waals surface area contributed by atoms with Crippen LogP contribution in [0.2, 0.25) is 0 Å². The predicted molar refractivity (Wildman–Crippen MR) is 60.3 cm³/mol. The lowest BCUT2D eigenvalue weighted by molar-refractivity contribution is -0.136. The van der Waals surface area contributed by atoms with Crippen molar-refractivity contribution in [3.8, 4) is 11.8 Å². The fraction of sp³-hybridized carbons (Fsp3) is 0.250. The third kappa shape index (κ3) is 3.30. The number of nitrogens with two attached hydrogens (primary N) is 1. The van der Waals surface area contributed by atoms with Crippen LogP contribution in [0, 0.1) is 11.8 Å². The number of nitrogen functional groups attached to an aromatic ring is 1. The summed E-state index contributed by atoms with van der Waals surface area (Å²) in [6, 6.07) is 4.96. The summed E-state index contributed by atoms with van der Waals surface area (Å²) >= 11 is 0. The van der Waals surface area contributed by atoms with E-state index in [0.29, 0.717) is 23.4 Å². The highest BCUT2D eigenvalue weighted by Crippen LogP contribution is 2.13. The van der Waals surface area contributed by atoms with E-state index >= 15 is 0 Å². The van der Waals surface area contributed by atoms with Crippen molar-refractivity contribution in [2.45, 2.75) is 13.5 Å². The topological polar surface area (TPSA) is 72.5 Å². The quantitative estimate of drug-likeness (QED) is 0.436. The first-order valence-electron chi connectivity index (χ1n) is 4.85. The molecule has 0 saturated heterocycles. The number of aliphatic hydroxyl groups is 1. The van der Waals surface area contributed by atoms with E-state index in [2.05, 4.69) is 16.6 Å². The zero-order valence-corrected chi connectivity index (χ0v) is 8.99. The molecule has 3 N–H and O–H groups in total. The Morgan fingerprint density at radius 3 is 2.94 bits per heavy atom. The normalized spacial score (nSPS) is 9.12. The van der Waals surface area contributed by atoms with Crippen molar-refractivity contribution < 1.29 is 14.6 Å². The minimum atomic E-state index is -0.565. The van der Waals surface area contributed by atoms with E-state index < -0.39 is 5.97 Å². The van der Waals surface area contributed by atoms with Crippen molar-refractivity contribution in [3.63, 3.8) is 0 Å². The van der Waals surface area contributed by atoms with Crippen LogP contribution in [0.25, 0.3) is 0 Å². The van der Waals surface area contributed by atoms with Crippen LogP contribution in [0.5, 0.6) is 0 Å². The molecule has 0 aliphatic rings. The van der Waals surface area contributed by atoms with Gasteiger partial charge in [-0.1, -0.05) is 5.92 Å². The number of rotatable bonds is 2. The number of anilines is 1. The number of aliphatic hydroxyl groups excluding tert-OH is 1. The van der Waals surface area contributed by atoms with Gasteiger partial charge in [0.1, 0.15) is 0 Å². The third-order valence-corrected chi connectivity index (χ3v) is 1.90. The molecule has 16 heavy (non-hydrogen) atoms. The zero-order chi connectivity index (χ0) is 12.0. The van der Waals surface area contributed by atoms with Gasteiger partial charge >= 0.3 is 5.97 Å². The summed E-state index contributed by atoms with van der Waals surface area (Å²) < 4.78 is 4.66. The molecule has 1 aromatic carbocycles. The van der Waals surface area contributed by atoms with Crippen LogP contribution >= 0.6 is 0 Å². The number of benzene rings is 1. The maximum Gasteiger partial charge on any atom is 0.384 e. The van der Waals surface area contributed by atoms with Crippen LogP contribution in [0.15, 0.2) is 18.2 Å². The SMILES string of the molecule is CCOC(=O)C#Cc1ccc(N)c(CO)c1. The average molecular weight is 219 g/mol. The molecule has 0 heterocycles. The van der Waals surface area contributed by atoms with Crippen molar-refractivity contribution in [2.24, 2.45) is 0 Å². The molecule has 0 saturated carbocycles. The first kappa shape index (κ1) is 12.1. The molecule has 0 radical (unpaired) electrons. The Hall–Kier alpha value is -1.99. The highest BCUT2D eigenvalue weighted by Gasteiger charge is 1.98. The van der Waals surface area contributed by atoms with Crippen LogP contribution in [-0.4, -0.2) is 17.7 Å². The molecule has 0 atom stereocenters. The second-order valence-electron chi connectivity index (χ2n) is 3.04. The summed E-state index contributed by atoms with van der Waals surface area (Å²) in [7, 11) is 0. The largest absolute Gasteiger partial charge is 0.456 e. The number of hydrogen-bond acceptors (Lipinski definition) is 4. The van der Waals surface area contributed by atoms with Gasteiger partial charge in [0, 0.05) is 22.7 Å². The zero-order valence-electron chi connectivity index (χ0n) is 8.99. The standard InChI is InChI=1S/C12H13NO3/c1-2-16-12(15)6-4-9-3-5-11(13)10(7-9)8-14/h3,5,7,14H,2,8,13H2,1H3. The van der Waals surface area contributed by atoms with Crippen molar-refractivity contribution in [3.05, 3.63) is 29.3 Å². The molecular weight excluding hydrogens is 206 g/mol. The lowest BCUT2D eigenvalue weighted by Crippen LogP contribution is -1.99. The van der Waals surface area contributed by atoms with Crippen LogP contribution in [0.4, 0.5) is 5.69 Å². The Morgan fingerprint density at radius 2 is 2.31 bits per heavy atom. The van der Waals surface area contributed by atoms with E-state index in [1.165, 1.54) is 0 Å². The fourth-order valence-corrected chi connectivity index (χ4v) is 1.11. The van der Waals surface area contributed by atoms with Crippen LogP contribution in [-0.2, 0) is 16.1 Å². The van der Waals surface area contributed by atoms with Gasteiger partial charge in [0.05, 0.1) is 13.2 Å². The van der Waals surface area contributed by atoms with Gasteiger partial charge in [-0.25, -0.2) is 4.79 Å². The summed E-state index contributed by atoms with van der Waals surface area (Å²) in [5.41, 5.74) is 7.32. The molecule has 1 rings (SSSR count). The average Bonchev–Trinajstić information content (AvgIpc) is 2.28. The van der Waals surface area contributed by atoms with E-state index in [0.717, 1.165) is 0 Å². The molecule has 0 aliphatic carbocycles. The van der Waals surface area contributed by atoms with Gasteiger partial charge in [0.15, 0.2) is 0 Å². The predicted octanol–water partition coefficient (Wildman–Crippen LogP) is 0.676. The molecule has 0 aliphatic heterocycles. The highest BCUT2D eigenvalue weighted by atomic mass is 16.5. The molecule has 0 unspecified atom stereocenters. The summed E-state index contributed by atoms with van der Waals surface area (Å²) in [6.07, 6.45) is 0. The van der Waals surface area contributed by atoms with E-state index in [1.54, 1.807) is 25.1 Å². The number of carbonyl (C=O) groups excluding carboxylic acids is 1. The molecular formula is C12H13NO3. The van der Waals surface area contributed by atoms with Crippen molar-refractivity contribution in [2.75, 3.05) is 12.3 Å². The minimum Gasteiger partial charge on any atom is -0.456 e. The molecule has 84 valence electrons. The smallest absolute Gasteiger partial charge is 0.384 e. The highest BCUT2D eigenvalue weighted by molar-refractivity contribution is 5.89. The van der Waals surface area contributed by atoms with Gasteiger partial charge in [-0.15, -0.1) is 0 Å². The first-order valence-corrected chi connectivity index (χ1v) is 4.85. The Balaban J connectivity index is 2.85. The lowest BCUT2D eigenvalue weighted by atomic mass is 10.1. The van der Waals surface area contributed by atoms with Gasteiger partial charge in [0.2, 0.25) is 0 Å². The fourth-order valence-electron chi connectivity index (χ4n) is 1.11. The van der Waals surface area contributed by atoms with Gasteiger partial charge in [-0.05, 0) is 25.1 Å². The van der Waals surface area contributed by atoms with Crippen molar-refractivity contribution >= 4 is 11.7 Å². The molecule has 1 aromatic rings. The van der Waals surface area contributed by atoms with E-state index in [-0.39, 0.29) is 6.61 Å². The van der Waals surface area contributed by atoms with Crippen LogP contribution in [0.3, 0.4) is 0 Å². The maximum absolute atomic E-state index is 11.0. The number of carbonyl (C=O) groups is 1. The molecule has 0 bridgehead atoms. The Bertz CT molecular complexity index is 443. The van der Waals surface area contributed by atoms with Gasteiger partial charge < -0.3 is 15.6 Å². The third-order valence-electron chi connectivity index (χ3n) is 1.90. The molecule has 0 amide bonds. The Labute approximate surface area is 94.0 Å². The maximum atomic E-state index is 11.0. The molecule has 0 spiro atoms. The summed E-state index contributed by atoms with van der Waals surface area (Å²) in [5.74, 6) is 4.41. The van der Waals surface area contributed by atoms with Crippen molar-refractivity contribution in [1.82, 2.24) is 0 Å². The van der Waals surface area contributed by atoms with Gasteiger partial charge in [-0.3, -0.25) is 0 Å². The van der Waals surface area contributed by atoms with E-state index in [1.807, 2.05) is 0 Å². The molecule has 0 fully saturated rings. The second-order valence-corrected chi connectivity index (χ2v) is 3.04. The Morgan fingerprint density at radius 1 is 1.56 bits per heavy atom. The first-order chi connectivity index (χ1) is 7.67. The summed E-state index contributed by atoms with van der Waals surface area (Å²) in [4.78, 5) is 11.0. The molecule has 4 heteroatoms. The second kappa shape index (κ2) is 5.79. The van der Waals surface area contributed by atoms with Gasteiger partial charge in [0.25, 0.3) is 0 Å². The number of esters is 1. The van der Waals surface area contributed by atoms with Crippen LogP contribution in [0.1, 0.15) is 18.1 Å². The molecule has 0 aromatic heterocycles. The number of hydrogen-bond donors (Lipinski definition) is 2. The number of ether oxygens (including phenoxy) is 1. The monoisotopic (exact) mass is 219 g/mol. The summed E-state index contributed by atoms with van der Waals surface area (Å²) in [5, 5.41) is 8.98. The Kier molecular flexibility index (Phi) is 4.37. The summed E-state index contributed by atoms with van der Waals surface area (Å²) in [6.45, 7) is 1.87. The molecule has 4 nitrogen and oxygen atoms in total. The van der Waals surface area contributed by atoms with E-state index in [4.69, 9.17) is 10.8 Å². The minimum absolute atomic E-state index is 0.152. The van der Waals surface area contributed by atoms with Gasteiger partial charge in [-0.2, -0.15) is 0 Å². The van der Waals surface area contributed by atoms with E-state index in [9.17, 15) is 4.79 Å². The van der Waals surface area contributed by atoms with Crippen LogP contribution < -0.4 is 5.73 Å². The van der Waals surface area contributed by atoms with Crippen molar-refractivity contribution in [1.29, 1.82) is 0 Å².